The minimum Gasteiger partial charge on any atom is -0.372 e. The summed E-state index contributed by atoms with van der Waals surface area (Å²) in [6.45, 7) is 4.18. The fourth-order valence-corrected chi connectivity index (χ4v) is 1.74. The van der Waals surface area contributed by atoms with Gasteiger partial charge in [-0.3, -0.25) is 0 Å². The van der Waals surface area contributed by atoms with Crippen molar-refractivity contribution in [1.29, 1.82) is 0 Å². The molecular formula is C13H15N3. The molecule has 0 aliphatic heterocycles. The lowest BCUT2D eigenvalue weighted by molar-refractivity contribution is 1.04. The van der Waals surface area contributed by atoms with Gasteiger partial charge in [0.1, 0.15) is 5.82 Å². The highest BCUT2D eigenvalue weighted by Crippen LogP contribution is 2.20. The normalized spacial score (nSPS) is 10.2. The average molecular weight is 213 g/mol. The van der Waals surface area contributed by atoms with Gasteiger partial charge in [0.2, 0.25) is 0 Å². The molecule has 0 saturated carbocycles. The lowest BCUT2D eigenvalue weighted by Crippen LogP contribution is -1.95. The van der Waals surface area contributed by atoms with Gasteiger partial charge in [-0.05, 0) is 38.1 Å². The minimum absolute atomic E-state index is 0.785. The van der Waals surface area contributed by atoms with E-state index in [-0.39, 0.29) is 0 Å². The topological polar surface area (TPSA) is 37.8 Å². The SMILES string of the molecule is CNc1ccc(-c2cc(C)cc(C)c2)nn1. The average Bonchev–Trinajstić information content (AvgIpc) is 2.28. The maximum absolute atomic E-state index is 4.19. The molecule has 3 heteroatoms. The molecule has 1 aromatic carbocycles. The molecular weight excluding hydrogens is 198 g/mol. The summed E-state index contributed by atoms with van der Waals surface area (Å²) in [5.74, 6) is 0.785. The van der Waals surface area contributed by atoms with Crippen LogP contribution in [-0.4, -0.2) is 17.2 Å². The van der Waals surface area contributed by atoms with Crippen molar-refractivity contribution >= 4 is 5.82 Å². The third-order valence-electron chi connectivity index (χ3n) is 2.44. The highest BCUT2D eigenvalue weighted by Gasteiger charge is 2.01. The van der Waals surface area contributed by atoms with E-state index in [1.54, 1.807) is 0 Å². The molecule has 16 heavy (non-hydrogen) atoms. The molecule has 0 saturated heterocycles. The Morgan fingerprint density at radius 3 is 2.12 bits per heavy atom. The maximum atomic E-state index is 4.19. The molecule has 0 aliphatic rings. The fraction of sp³-hybridized carbons (Fsp3) is 0.231. The van der Waals surface area contributed by atoms with E-state index in [0.717, 1.165) is 17.1 Å². The van der Waals surface area contributed by atoms with Gasteiger partial charge in [-0.1, -0.05) is 17.2 Å². The Balaban J connectivity index is 2.42. The van der Waals surface area contributed by atoms with Gasteiger partial charge in [-0.2, -0.15) is 0 Å². The molecule has 1 heterocycles. The van der Waals surface area contributed by atoms with Crippen molar-refractivity contribution in [3.63, 3.8) is 0 Å². The van der Waals surface area contributed by atoms with Gasteiger partial charge in [-0.15, -0.1) is 10.2 Å². The molecule has 0 bridgehead atoms. The highest BCUT2D eigenvalue weighted by molar-refractivity contribution is 5.61. The second-order valence-electron chi connectivity index (χ2n) is 3.93. The third-order valence-corrected chi connectivity index (χ3v) is 2.44. The van der Waals surface area contributed by atoms with Crippen LogP contribution in [0.15, 0.2) is 30.3 Å². The molecule has 0 unspecified atom stereocenters. The Bertz CT molecular complexity index is 469. The van der Waals surface area contributed by atoms with E-state index in [0.29, 0.717) is 0 Å². The van der Waals surface area contributed by atoms with Crippen molar-refractivity contribution in [2.45, 2.75) is 13.8 Å². The Kier molecular flexibility index (Phi) is 2.86. The summed E-state index contributed by atoms with van der Waals surface area (Å²) >= 11 is 0. The van der Waals surface area contributed by atoms with Crippen molar-refractivity contribution in [2.75, 3.05) is 12.4 Å². The third kappa shape index (κ3) is 2.19. The number of rotatable bonds is 2. The summed E-state index contributed by atoms with van der Waals surface area (Å²) < 4.78 is 0. The lowest BCUT2D eigenvalue weighted by atomic mass is 10.1. The van der Waals surface area contributed by atoms with E-state index in [1.165, 1.54) is 11.1 Å². The van der Waals surface area contributed by atoms with Crippen LogP contribution in [0.5, 0.6) is 0 Å². The van der Waals surface area contributed by atoms with Crippen molar-refractivity contribution < 1.29 is 0 Å². The molecule has 0 radical (unpaired) electrons. The van der Waals surface area contributed by atoms with Crippen molar-refractivity contribution in [3.05, 3.63) is 41.5 Å². The van der Waals surface area contributed by atoms with Gasteiger partial charge >= 0.3 is 0 Å². The van der Waals surface area contributed by atoms with Gasteiger partial charge in [0.15, 0.2) is 0 Å². The molecule has 2 rings (SSSR count). The van der Waals surface area contributed by atoms with Crippen molar-refractivity contribution in [3.8, 4) is 11.3 Å². The van der Waals surface area contributed by atoms with Crippen LogP contribution in [0.3, 0.4) is 0 Å². The van der Waals surface area contributed by atoms with Crippen LogP contribution >= 0.6 is 0 Å². The first-order valence-corrected chi connectivity index (χ1v) is 5.29. The highest BCUT2D eigenvalue weighted by atomic mass is 15.2. The van der Waals surface area contributed by atoms with Crippen molar-refractivity contribution in [2.24, 2.45) is 0 Å². The molecule has 1 aromatic heterocycles. The second kappa shape index (κ2) is 4.31. The molecule has 2 aromatic rings. The number of aryl methyl sites for hydroxylation is 2. The van der Waals surface area contributed by atoms with Crippen LogP contribution in [0.25, 0.3) is 11.3 Å². The molecule has 0 fully saturated rings. The Morgan fingerprint density at radius 1 is 0.938 bits per heavy atom. The lowest BCUT2D eigenvalue weighted by Gasteiger charge is -2.04. The number of nitrogens with zero attached hydrogens (tertiary/aromatic N) is 2. The van der Waals surface area contributed by atoms with Gasteiger partial charge in [0, 0.05) is 12.6 Å². The summed E-state index contributed by atoms with van der Waals surface area (Å²) in [4.78, 5) is 0. The smallest absolute Gasteiger partial charge is 0.148 e. The fourth-order valence-electron chi connectivity index (χ4n) is 1.74. The van der Waals surface area contributed by atoms with Crippen LogP contribution in [-0.2, 0) is 0 Å². The van der Waals surface area contributed by atoms with Crippen molar-refractivity contribution in [1.82, 2.24) is 10.2 Å². The van der Waals surface area contributed by atoms with Gasteiger partial charge < -0.3 is 5.32 Å². The van der Waals surface area contributed by atoms with Crippen LogP contribution < -0.4 is 5.32 Å². The summed E-state index contributed by atoms with van der Waals surface area (Å²) in [7, 11) is 1.83. The molecule has 3 nitrogen and oxygen atoms in total. The summed E-state index contributed by atoms with van der Waals surface area (Å²) in [6.07, 6.45) is 0. The first-order valence-electron chi connectivity index (χ1n) is 5.29. The van der Waals surface area contributed by atoms with Crippen LogP contribution in [0.1, 0.15) is 11.1 Å². The summed E-state index contributed by atoms with van der Waals surface area (Å²) in [5.41, 5.74) is 4.52. The van der Waals surface area contributed by atoms with Gasteiger partial charge in [0.05, 0.1) is 5.69 Å². The number of hydrogen-bond donors (Lipinski definition) is 1. The monoisotopic (exact) mass is 213 g/mol. The quantitative estimate of drug-likeness (QED) is 0.833. The maximum Gasteiger partial charge on any atom is 0.148 e. The zero-order chi connectivity index (χ0) is 11.5. The van der Waals surface area contributed by atoms with Crippen LogP contribution in [0.4, 0.5) is 5.82 Å². The van der Waals surface area contributed by atoms with E-state index in [9.17, 15) is 0 Å². The van der Waals surface area contributed by atoms with Gasteiger partial charge in [-0.25, -0.2) is 0 Å². The van der Waals surface area contributed by atoms with E-state index in [1.807, 2.05) is 19.2 Å². The summed E-state index contributed by atoms with van der Waals surface area (Å²) in [6, 6.07) is 10.3. The standard InChI is InChI=1S/C13H15N3/c1-9-6-10(2)8-11(7-9)12-4-5-13(14-3)16-15-12/h4-8H,1-3H3,(H,14,16). The van der Waals surface area contributed by atoms with Crippen LogP contribution in [0.2, 0.25) is 0 Å². The number of anilines is 1. The number of aromatic nitrogens is 2. The Morgan fingerprint density at radius 2 is 1.62 bits per heavy atom. The van der Waals surface area contributed by atoms with E-state index < -0.39 is 0 Å². The van der Waals surface area contributed by atoms with Crippen LogP contribution in [0, 0.1) is 13.8 Å². The Hall–Kier alpha value is -1.90. The predicted octanol–water partition coefficient (Wildman–Crippen LogP) is 2.80. The van der Waals surface area contributed by atoms with Gasteiger partial charge in [0.25, 0.3) is 0 Å². The Labute approximate surface area is 95.5 Å². The largest absolute Gasteiger partial charge is 0.372 e. The zero-order valence-electron chi connectivity index (χ0n) is 9.78. The molecule has 0 aliphatic carbocycles. The molecule has 1 N–H and O–H groups in total. The second-order valence-corrected chi connectivity index (χ2v) is 3.93. The minimum atomic E-state index is 0.785. The zero-order valence-corrected chi connectivity index (χ0v) is 9.78. The van der Waals surface area contributed by atoms with E-state index in [4.69, 9.17) is 0 Å². The summed E-state index contributed by atoms with van der Waals surface area (Å²) in [5, 5.41) is 11.2. The number of nitrogens with one attached hydrogen (secondary N) is 1. The van der Waals surface area contributed by atoms with E-state index in [2.05, 4.69) is 47.6 Å². The first kappa shape index (κ1) is 10.6. The predicted molar refractivity (Wildman–Crippen MR) is 66.5 cm³/mol. The first-order chi connectivity index (χ1) is 7.69. The molecule has 0 atom stereocenters. The molecule has 0 amide bonds. The number of benzene rings is 1. The number of hydrogen-bond acceptors (Lipinski definition) is 3. The molecule has 0 spiro atoms. The molecule has 82 valence electrons. The van der Waals surface area contributed by atoms with E-state index >= 15 is 0 Å².